The van der Waals surface area contributed by atoms with E-state index in [9.17, 15) is 4.79 Å². The van der Waals surface area contributed by atoms with Crippen molar-refractivity contribution in [2.24, 2.45) is 0 Å². The molecule has 0 N–H and O–H groups in total. The summed E-state index contributed by atoms with van der Waals surface area (Å²) in [5, 5.41) is 0. The Balaban J connectivity index is 1.34. The Hall–Kier alpha value is -2.40. The average Bonchev–Trinajstić information content (AvgIpc) is 2.65. The van der Waals surface area contributed by atoms with E-state index in [0.29, 0.717) is 12.2 Å². The fourth-order valence-corrected chi connectivity index (χ4v) is 3.02. The molecule has 25 heavy (non-hydrogen) atoms. The van der Waals surface area contributed by atoms with Crippen LogP contribution in [-0.4, -0.2) is 48.6 Å². The summed E-state index contributed by atoms with van der Waals surface area (Å²) >= 11 is 0. The number of pyridine rings is 1. The summed E-state index contributed by atoms with van der Waals surface area (Å²) in [6.45, 7) is 7.02. The number of nitrogens with zero attached hydrogens (tertiary/aromatic N) is 3. The van der Waals surface area contributed by atoms with Crippen LogP contribution >= 0.6 is 0 Å². The number of aromatic nitrogens is 1. The smallest absolute Gasteiger partial charge is 0.311 e. The van der Waals surface area contributed by atoms with Gasteiger partial charge in [0, 0.05) is 50.7 Å². The minimum absolute atomic E-state index is 0.153. The molecule has 5 nitrogen and oxygen atoms in total. The standard InChI is InChI=1S/C20H25N3O2/c1-17-4-6-19(7-5-17)25-20(24)3-2-12-22-13-15-23(16-14-22)18-8-10-21-11-9-18/h4-11H,2-3,12-16H2,1H3. The van der Waals surface area contributed by atoms with Crippen LogP contribution in [0.4, 0.5) is 5.69 Å². The molecule has 0 radical (unpaired) electrons. The molecule has 1 aliphatic rings. The van der Waals surface area contributed by atoms with Crippen molar-refractivity contribution in [1.29, 1.82) is 0 Å². The van der Waals surface area contributed by atoms with Crippen molar-refractivity contribution < 1.29 is 9.53 Å². The molecule has 2 aromatic rings. The molecule has 2 heterocycles. The summed E-state index contributed by atoms with van der Waals surface area (Å²) in [7, 11) is 0. The molecule has 0 saturated carbocycles. The molecule has 3 rings (SSSR count). The van der Waals surface area contributed by atoms with E-state index in [1.165, 1.54) is 5.69 Å². The van der Waals surface area contributed by atoms with E-state index in [-0.39, 0.29) is 5.97 Å². The van der Waals surface area contributed by atoms with Crippen LogP contribution in [0.25, 0.3) is 0 Å². The summed E-state index contributed by atoms with van der Waals surface area (Å²) in [6, 6.07) is 11.7. The van der Waals surface area contributed by atoms with E-state index in [0.717, 1.165) is 44.7 Å². The lowest BCUT2D eigenvalue weighted by molar-refractivity contribution is -0.134. The van der Waals surface area contributed by atoms with Crippen LogP contribution in [0, 0.1) is 6.92 Å². The second-order valence-corrected chi connectivity index (χ2v) is 6.42. The third kappa shape index (κ3) is 5.29. The maximum atomic E-state index is 11.9. The van der Waals surface area contributed by atoms with Gasteiger partial charge in [-0.05, 0) is 44.2 Å². The molecule has 0 amide bonds. The highest BCUT2D eigenvalue weighted by molar-refractivity contribution is 5.72. The maximum absolute atomic E-state index is 11.9. The Bertz CT molecular complexity index is 665. The summed E-state index contributed by atoms with van der Waals surface area (Å²) < 4.78 is 5.36. The molecule has 1 saturated heterocycles. The highest BCUT2D eigenvalue weighted by Crippen LogP contribution is 2.15. The number of carbonyl (C=O) groups is 1. The number of esters is 1. The predicted octanol–water partition coefficient (Wildman–Crippen LogP) is 2.90. The second kappa shape index (κ2) is 8.62. The van der Waals surface area contributed by atoms with Crippen molar-refractivity contribution in [3.8, 4) is 5.75 Å². The van der Waals surface area contributed by atoms with E-state index < -0.39 is 0 Å². The number of benzene rings is 1. The number of rotatable bonds is 6. The summed E-state index contributed by atoms with van der Waals surface area (Å²) in [6.07, 6.45) is 4.96. The molecule has 0 aliphatic carbocycles. The first-order chi connectivity index (χ1) is 12.2. The van der Waals surface area contributed by atoms with Gasteiger partial charge in [0.05, 0.1) is 0 Å². The Morgan fingerprint density at radius 1 is 1.04 bits per heavy atom. The van der Waals surface area contributed by atoms with Gasteiger partial charge in [0.1, 0.15) is 5.75 Å². The van der Waals surface area contributed by atoms with Gasteiger partial charge in [-0.15, -0.1) is 0 Å². The topological polar surface area (TPSA) is 45.7 Å². The fourth-order valence-electron chi connectivity index (χ4n) is 3.02. The first-order valence-corrected chi connectivity index (χ1v) is 8.85. The number of aryl methyl sites for hydroxylation is 1. The van der Waals surface area contributed by atoms with Crippen molar-refractivity contribution in [2.75, 3.05) is 37.6 Å². The minimum atomic E-state index is -0.153. The van der Waals surface area contributed by atoms with Crippen molar-refractivity contribution >= 4 is 11.7 Å². The first-order valence-electron chi connectivity index (χ1n) is 8.85. The van der Waals surface area contributed by atoms with Crippen LogP contribution in [0.5, 0.6) is 5.75 Å². The summed E-state index contributed by atoms with van der Waals surface area (Å²) in [5.41, 5.74) is 2.39. The Morgan fingerprint density at radius 3 is 2.40 bits per heavy atom. The van der Waals surface area contributed by atoms with Crippen LogP contribution in [0.1, 0.15) is 18.4 Å². The SMILES string of the molecule is Cc1ccc(OC(=O)CCCN2CCN(c3ccncc3)CC2)cc1. The molecule has 0 atom stereocenters. The molecule has 1 aromatic heterocycles. The zero-order valence-corrected chi connectivity index (χ0v) is 14.7. The van der Waals surface area contributed by atoms with Crippen molar-refractivity contribution in [1.82, 2.24) is 9.88 Å². The van der Waals surface area contributed by atoms with E-state index in [4.69, 9.17) is 4.74 Å². The van der Waals surface area contributed by atoms with Gasteiger partial charge < -0.3 is 9.64 Å². The van der Waals surface area contributed by atoms with Crippen molar-refractivity contribution in [2.45, 2.75) is 19.8 Å². The van der Waals surface area contributed by atoms with Gasteiger partial charge >= 0.3 is 5.97 Å². The Kier molecular flexibility index (Phi) is 6.01. The molecule has 132 valence electrons. The Morgan fingerprint density at radius 2 is 1.72 bits per heavy atom. The third-order valence-corrected chi connectivity index (χ3v) is 4.51. The van der Waals surface area contributed by atoms with E-state index in [2.05, 4.69) is 26.9 Å². The van der Waals surface area contributed by atoms with E-state index in [1.54, 1.807) is 0 Å². The van der Waals surface area contributed by atoms with Crippen LogP contribution in [0.3, 0.4) is 0 Å². The Labute approximate surface area is 149 Å². The number of carbonyl (C=O) groups excluding carboxylic acids is 1. The first kappa shape index (κ1) is 17.4. The van der Waals surface area contributed by atoms with Crippen LogP contribution < -0.4 is 9.64 Å². The molecule has 0 unspecified atom stereocenters. The van der Waals surface area contributed by atoms with Gasteiger partial charge in [-0.2, -0.15) is 0 Å². The molecular formula is C20H25N3O2. The lowest BCUT2D eigenvalue weighted by atomic mass is 10.2. The van der Waals surface area contributed by atoms with Gasteiger partial charge in [0.15, 0.2) is 0 Å². The predicted molar refractivity (Wildman–Crippen MR) is 98.9 cm³/mol. The van der Waals surface area contributed by atoms with E-state index >= 15 is 0 Å². The summed E-state index contributed by atoms with van der Waals surface area (Å²) in [4.78, 5) is 20.8. The maximum Gasteiger partial charge on any atom is 0.311 e. The molecule has 0 spiro atoms. The molecule has 0 bridgehead atoms. The highest BCUT2D eigenvalue weighted by atomic mass is 16.5. The zero-order chi connectivity index (χ0) is 17.5. The zero-order valence-electron chi connectivity index (χ0n) is 14.7. The molecule has 1 aromatic carbocycles. The van der Waals surface area contributed by atoms with Gasteiger partial charge in [-0.3, -0.25) is 14.7 Å². The van der Waals surface area contributed by atoms with Crippen molar-refractivity contribution in [3.63, 3.8) is 0 Å². The molecule has 1 aliphatic heterocycles. The van der Waals surface area contributed by atoms with Gasteiger partial charge in [0.2, 0.25) is 0 Å². The monoisotopic (exact) mass is 339 g/mol. The summed E-state index contributed by atoms with van der Waals surface area (Å²) in [5.74, 6) is 0.473. The highest BCUT2D eigenvalue weighted by Gasteiger charge is 2.17. The van der Waals surface area contributed by atoms with Crippen LogP contribution in [0.15, 0.2) is 48.8 Å². The molecular weight excluding hydrogens is 314 g/mol. The average molecular weight is 339 g/mol. The number of hydrogen-bond acceptors (Lipinski definition) is 5. The number of hydrogen-bond donors (Lipinski definition) is 0. The molecule has 1 fully saturated rings. The number of anilines is 1. The minimum Gasteiger partial charge on any atom is -0.427 e. The second-order valence-electron chi connectivity index (χ2n) is 6.42. The lowest BCUT2D eigenvalue weighted by Gasteiger charge is -2.36. The van der Waals surface area contributed by atoms with Crippen molar-refractivity contribution in [3.05, 3.63) is 54.4 Å². The van der Waals surface area contributed by atoms with Gasteiger partial charge in [0.25, 0.3) is 0 Å². The van der Waals surface area contributed by atoms with Gasteiger partial charge in [-0.1, -0.05) is 17.7 Å². The quantitative estimate of drug-likeness (QED) is 0.598. The van der Waals surface area contributed by atoms with Crippen LogP contribution in [0.2, 0.25) is 0 Å². The third-order valence-electron chi connectivity index (χ3n) is 4.51. The number of piperazine rings is 1. The largest absolute Gasteiger partial charge is 0.427 e. The lowest BCUT2D eigenvalue weighted by Crippen LogP contribution is -2.46. The molecule has 5 heteroatoms. The van der Waals surface area contributed by atoms with Gasteiger partial charge in [-0.25, -0.2) is 0 Å². The van der Waals surface area contributed by atoms with Crippen LogP contribution in [-0.2, 0) is 4.79 Å². The fraction of sp³-hybridized carbons (Fsp3) is 0.400. The number of ether oxygens (including phenoxy) is 1. The van der Waals surface area contributed by atoms with E-state index in [1.807, 2.05) is 43.6 Å². The normalized spacial score (nSPS) is 15.2.